The van der Waals surface area contributed by atoms with Crippen molar-refractivity contribution in [1.29, 1.82) is 0 Å². The molecular formula is C29H34N4O4S. The van der Waals surface area contributed by atoms with Crippen molar-refractivity contribution < 1.29 is 19.5 Å². The van der Waals surface area contributed by atoms with E-state index in [1.807, 2.05) is 56.3 Å². The van der Waals surface area contributed by atoms with E-state index in [0.29, 0.717) is 18.7 Å². The number of aliphatic hydroxyl groups is 1. The van der Waals surface area contributed by atoms with Crippen LogP contribution in [0.5, 0.6) is 0 Å². The second kappa shape index (κ2) is 10.8. The molecule has 1 saturated heterocycles. The van der Waals surface area contributed by atoms with Gasteiger partial charge in [0.2, 0.25) is 11.8 Å². The Hall–Kier alpha value is -3.30. The number of allylic oxidation sites excluding steroid dienone is 1. The first-order valence-corrected chi connectivity index (χ1v) is 14.0. The van der Waals surface area contributed by atoms with Crippen LogP contribution in [0.3, 0.4) is 0 Å². The summed E-state index contributed by atoms with van der Waals surface area (Å²) in [5.74, 6) is -0.0553. The molecule has 2 aromatic carbocycles. The summed E-state index contributed by atoms with van der Waals surface area (Å²) in [6.07, 6.45) is -0.616. The molecule has 0 spiro atoms. The largest absolute Gasteiger partial charge is 0.391 e. The number of fused-ring (bicyclic) bond motifs is 1. The van der Waals surface area contributed by atoms with Gasteiger partial charge in [0.15, 0.2) is 0 Å². The van der Waals surface area contributed by atoms with Crippen LogP contribution in [0, 0.1) is 5.92 Å². The summed E-state index contributed by atoms with van der Waals surface area (Å²) in [6.45, 7) is 6.63. The molecule has 5 rings (SSSR count). The Balaban J connectivity index is 1.26. The number of benzene rings is 2. The van der Waals surface area contributed by atoms with Crippen LogP contribution in [0.4, 0.5) is 0 Å². The second-order valence-electron chi connectivity index (χ2n) is 10.5. The standard InChI is InChI=1S/C29H34N4O4S/c1-17(2)25(33-14-21-6-4-5-7-23(21)28(33)36)29(37)32-15-22(34)12-24(32)27(35)30-13-19-8-10-20(11-9-19)26-18(3)31-16-38-26/h4-11,17,22,24-25,31,34H,12-16H2,1-3H3,(H,30,35)/t22-,24+,25+/m1/s1. The molecule has 0 unspecified atom stereocenters. The van der Waals surface area contributed by atoms with Gasteiger partial charge in [0.1, 0.15) is 12.1 Å². The number of carbonyl (C=O) groups excluding carboxylic acids is 3. The Kier molecular flexibility index (Phi) is 7.49. The van der Waals surface area contributed by atoms with Gasteiger partial charge >= 0.3 is 0 Å². The maximum absolute atomic E-state index is 13.8. The number of likely N-dealkylation sites (tertiary alicyclic amines) is 1. The van der Waals surface area contributed by atoms with Crippen LogP contribution in [-0.4, -0.2) is 63.2 Å². The number of hydrogen-bond acceptors (Lipinski definition) is 6. The molecule has 38 heavy (non-hydrogen) atoms. The number of hydrogen-bond donors (Lipinski definition) is 3. The van der Waals surface area contributed by atoms with Gasteiger partial charge in [-0.3, -0.25) is 14.4 Å². The monoisotopic (exact) mass is 534 g/mol. The summed E-state index contributed by atoms with van der Waals surface area (Å²) >= 11 is 1.77. The van der Waals surface area contributed by atoms with Gasteiger partial charge in [0, 0.05) is 42.2 Å². The van der Waals surface area contributed by atoms with Crippen molar-refractivity contribution in [1.82, 2.24) is 20.4 Å². The molecule has 0 aliphatic carbocycles. The number of carbonyl (C=O) groups is 3. The number of thioether (sulfide) groups is 1. The van der Waals surface area contributed by atoms with Crippen molar-refractivity contribution >= 4 is 34.4 Å². The topological polar surface area (TPSA) is 102 Å². The summed E-state index contributed by atoms with van der Waals surface area (Å²) in [5.41, 5.74) is 4.77. The lowest BCUT2D eigenvalue weighted by atomic mass is 10.0. The third-order valence-electron chi connectivity index (χ3n) is 7.51. The first kappa shape index (κ1) is 26.3. The predicted octanol–water partition coefficient (Wildman–Crippen LogP) is 2.93. The number of amides is 3. The molecule has 3 heterocycles. The van der Waals surface area contributed by atoms with E-state index in [1.165, 1.54) is 15.5 Å². The predicted molar refractivity (Wildman–Crippen MR) is 148 cm³/mol. The van der Waals surface area contributed by atoms with Crippen LogP contribution in [0.25, 0.3) is 4.91 Å². The van der Waals surface area contributed by atoms with Crippen molar-refractivity contribution in [3.63, 3.8) is 0 Å². The molecule has 3 atom stereocenters. The van der Waals surface area contributed by atoms with Gasteiger partial charge in [-0.15, -0.1) is 11.8 Å². The van der Waals surface area contributed by atoms with E-state index in [-0.39, 0.29) is 36.6 Å². The molecule has 3 N–H and O–H groups in total. The molecule has 3 amide bonds. The van der Waals surface area contributed by atoms with E-state index in [1.54, 1.807) is 22.7 Å². The van der Waals surface area contributed by atoms with Gasteiger partial charge in [0.25, 0.3) is 5.91 Å². The highest BCUT2D eigenvalue weighted by Gasteiger charge is 2.45. The van der Waals surface area contributed by atoms with Crippen LogP contribution >= 0.6 is 11.8 Å². The summed E-state index contributed by atoms with van der Waals surface area (Å²) < 4.78 is 0. The van der Waals surface area contributed by atoms with Gasteiger partial charge in [-0.1, -0.05) is 56.3 Å². The summed E-state index contributed by atoms with van der Waals surface area (Å²) in [7, 11) is 0. The smallest absolute Gasteiger partial charge is 0.255 e. The van der Waals surface area contributed by atoms with E-state index >= 15 is 0 Å². The molecule has 200 valence electrons. The van der Waals surface area contributed by atoms with Crippen molar-refractivity contribution in [2.75, 3.05) is 12.4 Å². The Labute approximate surface area is 227 Å². The number of rotatable bonds is 7. The number of nitrogens with zero attached hydrogens (tertiary/aromatic N) is 2. The minimum absolute atomic E-state index is 0.0734. The Morgan fingerprint density at radius 2 is 1.89 bits per heavy atom. The number of β-amino-alcohol motifs (C(OH)–C–C–N with tert-alkyl or cyclic N) is 1. The van der Waals surface area contributed by atoms with Crippen LogP contribution in [0.1, 0.15) is 54.2 Å². The first-order chi connectivity index (χ1) is 18.2. The minimum atomic E-state index is -0.790. The van der Waals surface area contributed by atoms with Gasteiger partial charge < -0.3 is 25.5 Å². The lowest BCUT2D eigenvalue weighted by Crippen LogP contribution is -2.55. The molecular weight excluding hydrogens is 500 g/mol. The fraction of sp³-hybridized carbons (Fsp3) is 0.414. The van der Waals surface area contributed by atoms with Gasteiger partial charge in [-0.05, 0) is 35.6 Å². The van der Waals surface area contributed by atoms with E-state index in [9.17, 15) is 19.5 Å². The van der Waals surface area contributed by atoms with Gasteiger partial charge in [-0.2, -0.15) is 0 Å². The average molecular weight is 535 g/mol. The van der Waals surface area contributed by atoms with Crippen molar-refractivity contribution in [3.8, 4) is 0 Å². The zero-order valence-electron chi connectivity index (χ0n) is 21.9. The van der Waals surface area contributed by atoms with Crippen LogP contribution in [-0.2, 0) is 22.7 Å². The second-order valence-corrected chi connectivity index (χ2v) is 11.5. The van der Waals surface area contributed by atoms with Gasteiger partial charge in [0.05, 0.1) is 12.0 Å². The summed E-state index contributed by atoms with van der Waals surface area (Å²) in [6, 6.07) is 14.0. The highest BCUT2D eigenvalue weighted by atomic mass is 32.2. The van der Waals surface area contributed by atoms with E-state index < -0.39 is 18.2 Å². The lowest BCUT2D eigenvalue weighted by molar-refractivity contribution is -0.143. The average Bonchev–Trinajstić information content (AvgIpc) is 3.60. The molecule has 8 nitrogen and oxygen atoms in total. The molecule has 0 bridgehead atoms. The van der Waals surface area contributed by atoms with Crippen LogP contribution in [0.2, 0.25) is 0 Å². The van der Waals surface area contributed by atoms with E-state index in [0.717, 1.165) is 22.6 Å². The van der Waals surface area contributed by atoms with Crippen molar-refractivity contribution in [2.45, 2.75) is 58.5 Å². The Morgan fingerprint density at radius 1 is 1.16 bits per heavy atom. The molecule has 1 fully saturated rings. The Bertz CT molecular complexity index is 1280. The zero-order valence-corrected chi connectivity index (χ0v) is 22.8. The molecule has 9 heteroatoms. The molecule has 0 aromatic heterocycles. The summed E-state index contributed by atoms with van der Waals surface area (Å²) in [4.78, 5) is 44.5. The highest BCUT2D eigenvalue weighted by Crippen LogP contribution is 2.34. The fourth-order valence-corrected chi connectivity index (χ4v) is 6.57. The highest BCUT2D eigenvalue weighted by molar-refractivity contribution is 8.08. The Morgan fingerprint density at radius 3 is 2.55 bits per heavy atom. The third kappa shape index (κ3) is 5.05. The SMILES string of the molecule is CC1=C(c2ccc(CNC(=O)[C@@H]3C[C@@H](O)CN3C(=O)[C@H](C(C)C)N3Cc4ccccc4C3=O)cc2)SCN1. The minimum Gasteiger partial charge on any atom is -0.391 e. The first-order valence-electron chi connectivity index (χ1n) is 13.1. The molecule has 0 saturated carbocycles. The maximum atomic E-state index is 13.8. The number of aliphatic hydroxyl groups excluding tert-OH is 1. The quantitative estimate of drug-likeness (QED) is 0.505. The zero-order chi connectivity index (χ0) is 27.0. The molecule has 3 aliphatic rings. The molecule has 2 aromatic rings. The normalized spacial score (nSPS) is 21.7. The van der Waals surface area contributed by atoms with Crippen LogP contribution < -0.4 is 10.6 Å². The summed E-state index contributed by atoms with van der Waals surface area (Å²) in [5, 5.41) is 16.7. The van der Waals surface area contributed by atoms with E-state index in [2.05, 4.69) is 17.6 Å². The van der Waals surface area contributed by atoms with Crippen molar-refractivity contribution in [3.05, 3.63) is 76.5 Å². The fourth-order valence-electron chi connectivity index (χ4n) is 5.54. The number of nitrogens with one attached hydrogen (secondary N) is 2. The maximum Gasteiger partial charge on any atom is 0.255 e. The third-order valence-corrected chi connectivity index (χ3v) is 8.63. The molecule has 3 aliphatic heterocycles. The van der Waals surface area contributed by atoms with Crippen LogP contribution in [0.15, 0.2) is 54.2 Å². The molecule has 0 radical (unpaired) electrons. The van der Waals surface area contributed by atoms with E-state index in [4.69, 9.17) is 0 Å². The van der Waals surface area contributed by atoms with Crippen molar-refractivity contribution in [2.24, 2.45) is 5.92 Å². The van der Waals surface area contributed by atoms with Gasteiger partial charge in [-0.25, -0.2) is 0 Å². The lowest BCUT2D eigenvalue weighted by Gasteiger charge is -2.35.